The van der Waals surface area contributed by atoms with Crippen molar-refractivity contribution in [1.82, 2.24) is 0 Å². The van der Waals surface area contributed by atoms with E-state index in [-0.39, 0.29) is 6.10 Å². The maximum Gasteiger partial charge on any atom is 0.121 e. The van der Waals surface area contributed by atoms with Crippen molar-refractivity contribution in [3.63, 3.8) is 0 Å². The van der Waals surface area contributed by atoms with Crippen LogP contribution in [0.2, 0.25) is 0 Å². The molecule has 1 aromatic rings. The molecule has 1 saturated carbocycles. The van der Waals surface area contributed by atoms with Crippen LogP contribution in [0.5, 0.6) is 0 Å². The largest absolute Gasteiger partial charge is 0.495 e. The summed E-state index contributed by atoms with van der Waals surface area (Å²) in [4.78, 5) is 0. The molecule has 0 N–H and O–H groups in total. The Labute approximate surface area is 154 Å². The van der Waals surface area contributed by atoms with Gasteiger partial charge in [-0.1, -0.05) is 70.9 Å². The summed E-state index contributed by atoms with van der Waals surface area (Å²) in [7, 11) is 0. The zero-order valence-electron chi connectivity index (χ0n) is 16.8. The third kappa shape index (κ3) is 6.18. The van der Waals surface area contributed by atoms with Crippen molar-refractivity contribution >= 4 is 5.57 Å². The van der Waals surface area contributed by atoms with Crippen LogP contribution in [0.25, 0.3) is 5.57 Å². The molecule has 3 unspecified atom stereocenters. The summed E-state index contributed by atoms with van der Waals surface area (Å²) < 4.78 is 12.4. The molecule has 2 nitrogen and oxygen atoms in total. The molecule has 25 heavy (non-hydrogen) atoms. The predicted octanol–water partition coefficient (Wildman–Crippen LogP) is 6.46. The highest BCUT2D eigenvalue weighted by Crippen LogP contribution is 2.39. The van der Waals surface area contributed by atoms with Crippen molar-refractivity contribution in [2.45, 2.75) is 78.9 Å². The fraction of sp³-hybridized carbons (Fsp3) is 0.652. The van der Waals surface area contributed by atoms with E-state index in [1.807, 2.05) is 12.3 Å². The molecule has 2 heteroatoms. The van der Waals surface area contributed by atoms with Gasteiger partial charge in [-0.25, -0.2) is 0 Å². The fourth-order valence-electron chi connectivity index (χ4n) is 3.74. The van der Waals surface area contributed by atoms with Gasteiger partial charge in [-0.05, 0) is 48.7 Å². The Morgan fingerprint density at radius 2 is 1.84 bits per heavy atom. The van der Waals surface area contributed by atoms with E-state index in [0.717, 1.165) is 12.0 Å². The van der Waals surface area contributed by atoms with Crippen molar-refractivity contribution in [2.75, 3.05) is 6.61 Å². The van der Waals surface area contributed by atoms with Gasteiger partial charge >= 0.3 is 0 Å². The van der Waals surface area contributed by atoms with Crippen LogP contribution in [0, 0.1) is 11.3 Å². The van der Waals surface area contributed by atoms with Gasteiger partial charge in [-0.3, -0.25) is 0 Å². The molecule has 1 aliphatic rings. The fourth-order valence-corrected chi connectivity index (χ4v) is 3.74. The molecule has 0 saturated heterocycles. The minimum atomic E-state index is 0.126. The van der Waals surface area contributed by atoms with E-state index < -0.39 is 0 Å². The highest BCUT2D eigenvalue weighted by atomic mass is 16.5. The zero-order chi connectivity index (χ0) is 18.3. The number of hydrogen-bond acceptors (Lipinski definition) is 2. The second-order valence-corrected chi connectivity index (χ2v) is 8.46. The first kappa shape index (κ1) is 20.0. The molecule has 2 rings (SSSR count). The molecule has 0 radical (unpaired) electrons. The van der Waals surface area contributed by atoms with Crippen molar-refractivity contribution in [3.8, 4) is 0 Å². The smallest absolute Gasteiger partial charge is 0.121 e. The van der Waals surface area contributed by atoms with Crippen molar-refractivity contribution in [3.05, 3.63) is 42.2 Å². The lowest BCUT2D eigenvalue weighted by atomic mass is 9.70. The molecule has 0 spiro atoms. The number of allylic oxidation sites excluding steroid dienone is 1. The van der Waals surface area contributed by atoms with Gasteiger partial charge in [0.05, 0.1) is 19.0 Å². The van der Waals surface area contributed by atoms with Crippen LogP contribution >= 0.6 is 0 Å². The normalized spacial score (nSPS) is 23.3. The summed E-state index contributed by atoms with van der Waals surface area (Å²) in [5.41, 5.74) is 2.68. The van der Waals surface area contributed by atoms with Crippen LogP contribution in [0.4, 0.5) is 0 Å². The van der Waals surface area contributed by atoms with Crippen LogP contribution in [0.15, 0.2) is 36.6 Å². The molecule has 0 bridgehead atoms. The molecule has 140 valence electrons. The Hall–Kier alpha value is -1.28. The second-order valence-electron chi connectivity index (χ2n) is 8.46. The van der Waals surface area contributed by atoms with Gasteiger partial charge in [0.2, 0.25) is 0 Å². The Morgan fingerprint density at radius 1 is 1.16 bits per heavy atom. The molecule has 0 amide bonds. The summed E-state index contributed by atoms with van der Waals surface area (Å²) in [6.45, 7) is 12.0. The second kappa shape index (κ2) is 9.43. The molecule has 0 aliphatic heterocycles. The van der Waals surface area contributed by atoms with Crippen molar-refractivity contribution in [1.29, 1.82) is 0 Å². The Kier molecular flexibility index (Phi) is 7.56. The summed E-state index contributed by atoms with van der Waals surface area (Å²) in [6, 6.07) is 10.4. The van der Waals surface area contributed by atoms with E-state index in [9.17, 15) is 0 Å². The van der Waals surface area contributed by atoms with Gasteiger partial charge in [-0.15, -0.1) is 0 Å². The first-order valence-electron chi connectivity index (χ1n) is 9.91. The molecular weight excluding hydrogens is 308 g/mol. The maximum atomic E-state index is 6.36. The van der Waals surface area contributed by atoms with Gasteiger partial charge in [0.25, 0.3) is 0 Å². The van der Waals surface area contributed by atoms with Gasteiger partial charge < -0.3 is 9.47 Å². The minimum Gasteiger partial charge on any atom is -0.495 e. The lowest BCUT2D eigenvalue weighted by Gasteiger charge is -2.40. The van der Waals surface area contributed by atoms with E-state index in [0.29, 0.717) is 24.0 Å². The molecule has 1 aromatic carbocycles. The predicted molar refractivity (Wildman–Crippen MR) is 106 cm³/mol. The van der Waals surface area contributed by atoms with E-state index >= 15 is 0 Å². The maximum absolute atomic E-state index is 6.36. The van der Waals surface area contributed by atoms with Gasteiger partial charge in [-0.2, -0.15) is 0 Å². The Balaban J connectivity index is 1.89. The van der Waals surface area contributed by atoms with E-state index in [4.69, 9.17) is 9.47 Å². The molecule has 0 aromatic heterocycles. The van der Waals surface area contributed by atoms with E-state index in [1.165, 1.54) is 31.2 Å². The molecule has 1 aliphatic carbocycles. The zero-order valence-corrected chi connectivity index (χ0v) is 16.8. The molecule has 0 heterocycles. The number of benzene rings is 1. The van der Waals surface area contributed by atoms with Crippen molar-refractivity contribution < 1.29 is 9.47 Å². The highest BCUT2D eigenvalue weighted by Gasteiger charge is 2.35. The summed E-state index contributed by atoms with van der Waals surface area (Å²) in [5.74, 6) is 0.653. The minimum absolute atomic E-state index is 0.126. The average molecular weight is 345 g/mol. The Bertz CT molecular complexity index is 527. The SMILES string of the molecule is CCC(COC1CCCCC1C(C)(C)C)OC=C(C)c1ccccc1. The van der Waals surface area contributed by atoms with Gasteiger partial charge in [0.1, 0.15) is 6.10 Å². The standard InChI is InChI=1S/C23H36O2/c1-6-20(24-16-18(2)19-12-8-7-9-13-19)17-25-22-15-11-10-14-21(22)23(3,4)5/h7-9,12-13,16,20-22H,6,10-11,14-15,17H2,1-5H3. The van der Waals surface area contributed by atoms with Crippen molar-refractivity contribution in [2.24, 2.45) is 11.3 Å². The highest BCUT2D eigenvalue weighted by molar-refractivity contribution is 5.62. The lowest BCUT2D eigenvalue weighted by molar-refractivity contribution is -0.0776. The Morgan fingerprint density at radius 3 is 2.48 bits per heavy atom. The molecule has 3 atom stereocenters. The van der Waals surface area contributed by atoms with Gasteiger partial charge in [0, 0.05) is 0 Å². The number of ether oxygens (including phenoxy) is 2. The van der Waals surface area contributed by atoms with Gasteiger partial charge in [0.15, 0.2) is 0 Å². The first-order chi connectivity index (χ1) is 11.9. The first-order valence-corrected chi connectivity index (χ1v) is 9.91. The van der Waals surface area contributed by atoms with Crippen LogP contribution in [0.3, 0.4) is 0 Å². The summed E-state index contributed by atoms with van der Waals surface area (Å²) in [5, 5.41) is 0. The molecule has 1 fully saturated rings. The van der Waals surface area contributed by atoms with Crippen LogP contribution in [-0.2, 0) is 9.47 Å². The number of rotatable bonds is 7. The van der Waals surface area contributed by atoms with Crippen LogP contribution < -0.4 is 0 Å². The quantitative estimate of drug-likeness (QED) is 0.528. The average Bonchev–Trinajstić information content (AvgIpc) is 2.62. The topological polar surface area (TPSA) is 18.5 Å². The van der Waals surface area contributed by atoms with E-state index in [1.54, 1.807) is 0 Å². The molecular formula is C23H36O2. The van der Waals surface area contributed by atoms with Crippen LogP contribution in [-0.4, -0.2) is 18.8 Å². The third-order valence-corrected chi connectivity index (χ3v) is 5.43. The van der Waals surface area contributed by atoms with Crippen LogP contribution in [0.1, 0.15) is 72.3 Å². The lowest BCUT2D eigenvalue weighted by Crippen LogP contribution is -2.38. The summed E-state index contributed by atoms with van der Waals surface area (Å²) in [6.07, 6.45) is 8.49. The third-order valence-electron chi connectivity index (χ3n) is 5.43. The number of hydrogen-bond donors (Lipinski definition) is 0. The van der Waals surface area contributed by atoms with E-state index in [2.05, 4.69) is 58.9 Å². The monoisotopic (exact) mass is 344 g/mol. The summed E-state index contributed by atoms with van der Waals surface area (Å²) >= 11 is 0.